The third-order valence-electron chi connectivity index (χ3n) is 4.10. The fourth-order valence-corrected chi connectivity index (χ4v) is 2.81. The van der Waals surface area contributed by atoms with Crippen molar-refractivity contribution in [1.29, 1.82) is 0 Å². The van der Waals surface area contributed by atoms with Crippen molar-refractivity contribution >= 4 is 23.4 Å². The zero-order chi connectivity index (χ0) is 21.3. The van der Waals surface area contributed by atoms with Crippen LogP contribution in [0.25, 0.3) is 22.4 Å². The van der Waals surface area contributed by atoms with Crippen LogP contribution in [0.15, 0.2) is 47.4 Å². The van der Waals surface area contributed by atoms with E-state index in [4.69, 9.17) is 5.73 Å². The van der Waals surface area contributed by atoms with Crippen LogP contribution >= 0.6 is 0 Å². The van der Waals surface area contributed by atoms with Crippen molar-refractivity contribution in [2.45, 2.75) is 0 Å². The van der Waals surface area contributed by atoms with Crippen LogP contribution in [-0.2, 0) is 0 Å². The van der Waals surface area contributed by atoms with Crippen molar-refractivity contribution < 1.29 is 24.7 Å². The summed E-state index contributed by atoms with van der Waals surface area (Å²) in [6.45, 7) is 0. The minimum atomic E-state index is -1.61. The first-order chi connectivity index (χ1) is 13.7. The second kappa shape index (κ2) is 7.23. The van der Waals surface area contributed by atoms with Crippen LogP contribution in [-0.4, -0.2) is 37.0 Å². The Kier molecular flexibility index (Phi) is 4.79. The van der Waals surface area contributed by atoms with Crippen LogP contribution in [0.3, 0.4) is 0 Å². The molecule has 0 saturated carbocycles. The number of rotatable bonds is 5. The van der Waals surface area contributed by atoms with Crippen LogP contribution in [0.1, 0.15) is 20.7 Å². The fraction of sp³-hybridized carbons (Fsp3) is 0. The molecule has 146 valence electrons. The Bertz CT molecular complexity index is 1200. The van der Waals surface area contributed by atoms with E-state index in [-0.39, 0.29) is 16.8 Å². The molecule has 0 aliphatic rings. The summed E-state index contributed by atoms with van der Waals surface area (Å²) in [4.78, 5) is 51.4. The van der Waals surface area contributed by atoms with Gasteiger partial charge in [0.05, 0.1) is 10.6 Å². The number of hydrogen-bond acceptors (Lipinski definition) is 7. The highest BCUT2D eigenvalue weighted by Crippen LogP contribution is 2.31. The first-order valence-corrected chi connectivity index (χ1v) is 7.94. The van der Waals surface area contributed by atoms with E-state index in [2.05, 4.69) is 4.98 Å². The summed E-state index contributed by atoms with van der Waals surface area (Å²) in [5.74, 6) is -3.58. The third-order valence-corrected chi connectivity index (χ3v) is 4.10. The van der Waals surface area contributed by atoms with Gasteiger partial charge >= 0.3 is 11.9 Å². The molecule has 0 saturated heterocycles. The molecule has 29 heavy (non-hydrogen) atoms. The highest BCUT2D eigenvalue weighted by molar-refractivity contribution is 6.07. The number of H-pyrrole nitrogens is 1. The van der Waals surface area contributed by atoms with E-state index in [0.717, 1.165) is 6.20 Å². The molecule has 0 spiro atoms. The summed E-state index contributed by atoms with van der Waals surface area (Å²) in [5.41, 5.74) is 3.85. The van der Waals surface area contributed by atoms with E-state index in [1.165, 1.54) is 36.4 Å². The second-order valence-electron chi connectivity index (χ2n) is 5.84. The normalized spacial score (nSPS) is 10.5. The number of nitro groups is 1. The van der Waals surface area contributed by atoms with Crippen LogP contribution in [0, 0.1) is 10.1 Å². The highest BCUT2D eigenvalue weighted by Gasteiger charge is 2.26. The lowest BCUT2D eigenvalue weighted by Crippen LogP contribution is -2.24. The van der Waals surface area contributed by atoms with Gasteiger partial charge in [-0.2, -0.15) is 0 Å². The Labute approximate surface area is 161 Å². The summed E-state index contributed by atoms with van der Waals surface area (Å²) in [6, 6.07) is 8.55. The molecular formula is C18H12N4O7. The number of benzene rings is 1. The smallest absolute Gasteiger partial charge is 0.342 e. The topological polar surface area (TPSA) is 190 Å². The molecule has 1 aromatic carbocycles. The van der Waals surface area contributed by atoms with E-state index in [0.29, 0.717) is 11.3 Å². The molecule has 11 heteroatoms. The molecule has 0 radical (unpaired) electrons. The van der Waals surface area contributed by atoms with Gasteiger partial charge in [0.25, 0.3) is 11.2 Å². The molecule has 0 fully saturated rings. The quantitative estimate of drug-likeness (QED) is 0.369. The molecule has 3 aromatic rings. The molecular weight excluding hydrogens is 384 g/mol. The second-order valence-corrected chi connectivity index (χ2v) is 5.84. The minimum Gasteiger partial charge on any atom is -0.478 e. The van der Waals surface area contributed by atoms with Crippen molar-refractivity contribution in [1.82, 2.24) is 9.97 Å². The van der Waals surface area contributed by atoms with Gasteiger partial charge in [0.15, 0.2) is 0 Å². The van der Waals surface area contributed by atoms with Gasteiger partial charge in [-0.1, -0.05) is 24.3 Å². The Morgan fingerprint density at radius 2 is 1.59 bits per heavy atom. The standard InChI is InChI=1S/C18H12N4O7/c19-15-13(17(24)25)12(14(18(26)27)16(23)21-15)9-3-1-8(2-4-9)11-6-5-10(7-20-11)22(28)29/h1-7H,(H,24,25)(H,26,27)(H3,19,21,23). The molecule has 11 nitrogen and oxygen atoms in total. The molecule has 0 atom stereocenters. The number of aromatic carboxylic acids is 2. The van der Waals surface area contributed by atoms with Gasteiger partial charge < -0.3 is 20.9 Å². The number of hydrogen-bond donors (Lipinski definition) is 4. The van der Waals surface area contributed by atoms with Gasteiger partial charge in [-0.05, 0) is 11.6 Å². The number of nitrogens with two attached hydrogens (primary N) is 1. The van der Waals surface area contributed by atoms with Gasteiger partial charge in [-0.3, -0.25) is 14.9 Å². The fourth-order valence-electron chi connectivity index (χ4n) is 2.81. The molecule has 0 aliphatic heterocycles. The molecule has 2 aromatic heterocycles. The number of carbonyl (C=O) groups is 2. The van der Waals surface area contributed by atoms with E-state index in [9.17, 15) is 34.7 Å². The number of carboxylic acid groups (broad SMARTS) is 2. The minimum absolute atomic E-state index is 0.142. The molecule has 0 aliphatic carbocycles. The molecule has 5 N–H and O–H groups in total. The third kappa shape index (κ3) is 3.51. The van der Waals surface area contributed by atoms with Gasteiger partial charge in [-0.25, -0.2) is 14.6 Å². The maximum Gasteiger partial charge on any atom is 0.342 e. The number of nitrogen functional groups attached to an aromatic ring is 1. The number of aromatic nitrogens is 2. The van der Waals surface area contributed by atoms with Gasteiger partial charge in [-0.15, -0.1) is 0 Å². The van der Waals surface area contributed by atoms with Crippen LogP contribution < -0.4 is 11.3 Å². The average molecular weight is 396 g/mol. The molecule has 3 rings (SSSR count). The lowest BCUT2D eigenvalue weighted by molar-refractivity contribution is -0.385. The van der Waals surface area contributed by atoms with E-state index in [1.807, 2.05) is 4.98 Å². The predicted molar refractivity (Wildman–Crippen MR) is 101 cm³/mol. The maximum absolute atomic E-state index is 12.1. The van der Waals surface area contributed by atoms with Crippen LogP contribution in [0.4, 0.5) is 11.5 Å². The highest BCUT2D eigenvalue weighted by atomic mass is 16.6. The van der Waals surface area contributed by atoms with Crippen molar-refractivity contribution in [3.63, 3.8) is 0 Å². The van der Waals surface area contributed by atoms with Crippen LogP contribution in [0.5, 0.6) is 0 Å². The number of anilines is 1. The first kappa shape index (κ1) is 19.2. The maximum atomic E-state index is 12.1. The summed E-state index contributed by atoms with van der Waals surface area (Å²) in [7, 11) is 0. The summed E-state index contributed by atoms with van der Waals surface area (Å²) in [6.07, 6.45) is 1.09. The zero-order valence-corrected chi connectivity index (χ0v) is 14.4. The van der Waals surface area contributed by atoms with E-state index < -0.39 is 39.4 Å². The lowest BCUT2D eigenvalue weighted by Gasteiger charge is -2.12. The van der Waals surface area contributed by atoms with Gasteiger partial charge in [0.2, 0.25) is 0 Å². The Morgan fingerprint density at radius 1 is 1.00 bits per heavy atom. The van der Waals surface area contributed by atoms with Crippen LogP contribution in [0.2, 0.25) is 0 Å². The monoisotopic (exact) mass is 396 g/mol. The molecule has 2 heterocycles. The number of carboxylic acids is 2. The average Bonchev–Trinajstić information content (AvgIpc) is 2.67. The largest absolute Gasteiger partial charge is 0.478 e. The number of pyridine rings is 2. The molecule has 0 unspecified atom stereocenters. The molecule has 0 bridgehead atoms. The Morgan fingerprint density at radius 3 is 2.07 bits per heavy atom. The summed E-state index contributed by atoms with van der Waals surface area (Å²) < 4.78 is 0. The van der Waals surface area contributed by atoms with Crippen molar-refractivity contribution in [2.75, 3.05) is 5.73 Å². The van der Waals surface area contributed by atoms with Crippen molar-refractivity contribution in [3.05, 3.63) is 74.2 Å². The van der Waals surface area contributed by atoms with Crippen molar-refractivity contribution in [3.8, 4) is 22.4 Å². The molecule has 0 amide bonds. The lowest BCUT2D eigenvalue weighted by atomic mass is 9.94. The summed E-state index contributed by atoms with van der Waals surface area (Å²) in [5, 5.41) is 29.5. The number of nitrogens with one attached hydrogen (secondary N) is 1. The summed E-state index contributed by atoms with van der Waals surface area (Å²) >= 11 is 0. The predicted octanol–water partition coefficient (Wildman–Crippen LogP) is 1.99. The first-order valence-electron chi connectivity index (χ1n) is 7.94. The zero-order valence-electron chi connectivity index (χ0n) is 14.4. The van der Waals surface area contributed by atoms with Crippen molar-refractivity contribution in [2.24, 2.45) is 0 Å². The number of nitrogens with zero attached hydrogens (tertiary/aromatic N) is 2. The van der Waals surface area contributed by atoms with Gasteiger partial charge in [0.1, 0.15) is 23.1 Å². The van der Waals surface area contributed by atoms with E-state index >= 15 is 0 Å². The number of aromatic amines is 1. The van der Waals surface area contributed by atoms with E-state index in [1.54, 1.807) is 0 Å². The van der Waals surface area contributed by atoms with Gasteiger partial charge in [0, 0.05) is 17.2 Å². The Hall–Kier alpha value is -4.54. The SMILES string of the molecule is Nc1[nH]c(=O)c(C(=O)O)c(-c2ccc(-c3ccc([N+](=O)[O-])cn3)cc2)c1C(=O)O. The Balaban J connectivity index is 2.15.